The number of hydrogen-bond acceptors (Lipinski definition) is 3. The zero-order valence-electron chi connectivity index (χ0n) is 10.4. The highest BCUT2D eigenvalue weighted by Gasteiger charge is 2.17. The van der Waals surface area contributed by atoms with Crippen LogP contribution in [-0.4, -0.2) is 27.9 Å². The van der Waals surface area contributed by atoms with Crippen LogP contribution in [-0.2, 0) is 6.54 Å². The summed E-state index contributed by atoms with van der Waals surface area (Å²) in [5.41, 5.74) is 1.07. The first-order valence-corrected chi connectivity index (χ1v) is 6.51. The van der Waals surface area contributed by atoms with Crippen LogP contribution in [0, 0.1) is 0 Å². The average molecular weight is 321 g/mol. The topological polar surface area (TPSA) is 53.4 Å². The molecule has 1 heterocycles. The van der Waals surface area contributed by atoms with Crippen LogP contribution >= 0.6 is 15.9 Å². The molecule has 0 unspecified atom stereocenters. The number of amides is 1. The maximum Gasteiger partial charge on any atom is 0.276 e. The lowest BCUT2D eigenvalue weighted by atomic mass is 10.2. The number of rotatable bonds is 3. The summed E-state index contributed by atoms with van der Waals surface area (Å²) >= 11 is 3.39. The minimum absolute atomic E-state index is 0.0694. The van der Waals surface area contributed by atoms with E-state index in [1.165, 1.54) is 17.2 Å². The first-order chi connectivity index (χ1) is 9.08. The highest BCUT2D eigenvalue weighted by molar-refractivity contribution is 9.10. The van der Waals surface area contributed by atoms with E-state index in [0.717, 1.165) is 10.0 Å². The second kappa shape index (κ2) is 5.84. The number of carbonyl (C=O) groups is 1. The number of pyridine rings is 1. The summed E-state index contributed by atoms with van der Waals surface area (Å²) in [6.07, 6.45) is 1.49. The Morgan fingerprint density at radius 2 is 2.16 bits per heavy atom. The molecular weight excluding hydrogens is 308 g/mol. The van der Waals surface area contributed by atoms with Gasteiger partial charge in [0.1, 0.15) is 5.75 Å². The third-order valence-corrected chi connectivity index (χ3v) is 3.14. The van der Waals surface area contributed by atoms with Crippen molar-refractivity contribution in [3.05, 3.63) is 58.3 Å². The minimum atomic E-state index is -0.307. The van der Waals surface area contributed by atoms with Crippen LogP contribution in [0.1, 0.15) is 16.1 Å². The Bertz CT molecular complexity index is 602. The molecule has 5 heteroatoms. The lowest BCUT2D eigenvalue weighted by Gasteiger charge is -2.17. The van der Waals surface area contributed by atoms with Gasteiger partial charge in [0.15, 0.2) is 5.69 Å². The second-order valence-electron chi connectivity index (χ2n) is 4.16. The number of nitrogens with zero attached hydrogens (tertiary/aromatic N) is 2. The van der Waals surface area contributed by atoms with Crippen molar-refractivity contribution in [1.29, 1.82) is 0 Å². The summed E-state index contributed by atoms with van der Waals surface area (Å²) in [6.45, 7) is 0.453. The molecule has 2 rings (SSSR count). The maximum atomic E-state index is 12.1. The summed E-state index contributed by atoms with van der Waals surface area (Å²) in [5.74, 6) is -0.410. The molecule has 0 atom stereocenters. The van der Waals surface area contributed by atoms with E-state index < -0.39 is 0 Å². The van der Waals surface area contributed by atoms with Crippen LogP contribution in [0.2, 0.25) is 0 Å². The third kappa shape index (κ3) is 3.32. The van der Waals surface area contributed by atoms with Gasteiger partial charge in [0.05, 0.1) is 0 Å². The molecule has 1 aromatic carbocycles. The van der Waals surface area contributed by atoms with Gasteiger partial charge in [-0.3, -0.25) is 4.79 Å². The van der Waals surface area contributed by atoms with Gasteiger partial charge in [-0.25, -0.2) is 4.98 Å². The second-order valence-corrected chi connectivity index (χ2v) is 5.08. The lowest BCUT2D eigenvalue weighted by Crippen LogP contribution is -2.27. The molecule has 19 heavy (non-hydrogen) atoms. The van der Waals surface area contributed by atoms with Crippen molar-refractivity contribution in [3.63, 3.8) is 0 Å². The summed E-state index contributed by atoms with van der Waals surface area (Å²) in [4.78, 5) is 17.6. The van der Waals surface area contributed by atoms with Gasteiger partial charge >= 0.3 is 0 Å². The number of benzene rings is 1. The number of aromatic hydroxyl groups is 1. The largest absolute Gasteiger partial charge is 0.505 e. The molecule has 0 aliphatic carbocycles. The predicted octanol–water partition coefficient (Wildman–Crippen LogP) is 2.82. The number of halogens is 1. The molecule has 0 saturated heterocycles. The van der Waals surface area contributed by atoms with Crippen molar-refractivity contribution < 1.29 is 9.90 Å². The normalized spacial score (nSPS) is 10.2. The van der Waals surface area contributed by atoms with Gasteiger partial charge in [-0.15, -0.1) is 0 Å². The molecule has 1 amide bonds. The first kappa shape index (κ1) is 13.5. The zero-order chi connectivity index (χ0) is 13.8. The van der Waals surface area contributed by atoms with Gasteiger partial charge < -0.3 is 10.0 Å². The van der Waals surface area contributed by atoms with Crippen LogP contribution < -0.4 is 0 Å². The molecule has 1 N–H and O–H groups in total. The maximum absolute atomic E-state index is 12.1. The van der Waals surface area contributed by atoms with Gasteiger partial charge in [0.2, 0.25) is 0 Å². The molecule has 0 spiro atoms. The van der Waals surface area contributed by atoms with Crippen LogP contribution in [0.15, 0.2) is 47.1 Å². The Morgan fingerprint density at radius 3 is 2.84 bits per heavy atom. The Labute approximate surface area is 119 Å². The van der Waals surface area contributed by atoms with E-state index in [1.54, 1.807) is 13.1 Å². The summed E-state index contributed by atoms with van der Waals surface area (Å²) in [5, 5.41) is 9.62. The van der Waals surface area contributed by atoms with Crippen LogP contribution in [0.5, 0.6) is 5.75 Å². The summed E-state index contributed by atoms with van der Waals surface area (Å²) < 4.78 is 0.964. The zero-order valence-corrected chi connectivity index (χ0v) is 12.0. The van der Waals surface area contributed by atoms with E-state index in [4.69, 9.17) is 0 Å². The predicted molar refractivity (Wildman–Crippen MR) is 75.8 cm³/mol. The van der Waals surface area contributed by atoms with Crippen molar-refractivity contribution in [2.24, 2.45) is 0 Å². The SMILES string of the molecule is CN(Cc1cccc(Br)c1)C(=O)c1ncccc1O. The lowest BCUT2D eigenvalue weighted by molar-refractivity contribution is 0.0776. The molecule has 0 bridgehead atoms. The molecule has 0 radical (unpaired) electrons. The monoisotopic (exact) mass is 320 g/mol. The number of carbonyl (C=O) groups excluding carboxylic acids is 1. The van der Waals surface area contributed by atoms with Crippen molar-refractivity contribution in [3.8, 4) is 5.75 Å². The van der Waals surface area contributed by atoms with E-state index >= 15 is 0 Å². The smallest absolute Gasteiger partial charge is 0.276 e. The van der Waals surface area contributed by atoms with Gasteiger partial charge in [-0.2, -0.15) is 0 Å². The van der Waals surface area contributed by atoms with Crippen molar-refractivity contribution in [2.75, 3.05) is 7.05 Å². The summed E-state index contributed by atoms with van der Waals surface area (Å²) in [6, 6.07) is 10.8. The van der Waals surface area contributed by atoms with Gasteiger partial charge in [0.25, 0.3) is 5.91 Å². The van der Waals surface area contributed by atoms with E-state index in [2.05, 4.69) is 20.9 Å². The van der Waals surface area contributed by atoms with E-state index in [9.17, 15) is 9.90 Å². The molecule has 1 aromatic heterocycles. The van der Waals surface area contributed by atoms with Crippen LogP contribution in [0.4, 0.5) is 0 Å². The van der Waals surface area contributed by atoms with Crippen molar-refractivity contribution >= 4 is 21.8 Å². The highest BCUT2D eigenvalue weighted by atomic mass is 79.9. The Hall–Kier alpha value is -1.88. The molecule has 0 fully saturated rings. The molecule has 0 saturated carbocycles. The highest BCUT2D eigenvalue weighted by Crippen LogP contribution is 2.17. The van der Waals surface area contributed by atoms with Crippen molar-refractivity contribution in [2.45, 2.75) is 6.54 Å². The fourth-order valence-electron chi connectivity index (χ4n) is 1.72. The molecule has 0 aliphatic heterocycles. The van der Waals surface area contributed by atoms with E-state index in [1.807, 2.05) is 24.3 Å². The minimum Gasteiger partial charge on any atom is -0.505 e. The van der Waals surface area contributed by atoms with Gasteiger partial charge in [0, 0.05) is 24.3 Å². The molecule has 4 nitrogen and oxygen atoms in total. The fraction of sp³-hybridized carbons (Fsp3) is 0.143. The Balaban J connectivity index is 2.14. The quantitative estimate of drug-likeness (QED) is 0.946. The van der Waals surface area contributed by atoms with Gasteiger partial charge in [-0.1, -0.05) is 28.1 Å². The van der Waals surface area contributed by atoms with Gasteiger partial charge in [-0.05, 0) is 29.8 Å². The van der Waals surface area contributed by atoms with E-state index in [-0.39, 0.29) is 17.4 Å². The Kier molecular flexibility index (Phi) is 4.16. The third-order valence-electron chi connectivity index (χ3n) is 2.64. The Morgan fingerprint density at radius 1 is 1.37 bits per heavy atom. The first-order valence-electron chi connectivity index (χ1n) is 5.72. The number of aromatic nitrogens is 1. The van der Waals surface area contributed by atoms with Crippen LogP contribution in [0.3, 0.4) is 0 Å². The van der Waals surface area contributed by atoms with Crippen LogP contribution in [0.25, 0.3) is 0 Å². The number of hydrogen-bond donors (Lipinski definition) is 1. The van der Waals surface area contributed by atoms with Crippen molar-refractivity contribution in [1.82, 2.24) is 9.88 Å². The van der Waals surface area contributed by atoms with E-state index in [0.29, 0.717) is 6.54 Å². The molecule has 2 aromatic rings. The summed E-state index contributed by atoms with van der Waals surface area (Å²) in [7, 11) is 1.68. The molecule has 98 valence electrons. The fourth-order valence-corrected chi connectivity index (χ4v) is 2.17. The molecule has 0 aliphatic rings. The standard InChI is InChI=1S/C14H13BrN2O2/c1-17(9-10-4-2-5-11(15)8-10)14(19)13-12(18)6-3-7-16-13/h2-8,18H,9H2,1H3. The molecular formula is C14H13BrN2O2. The average Bonchev–Trinajstić information content (AvgIpc) is 2.38.